The molecule has 2 N–H and O–H groups in total. The molecule has 0 bridgehead atoms. The average Bonchev–Trinajstić information content (AvgIpc) is 3.14. The summed E-state index contributed by atoms with van der Waals surface area (Å²) in [6, 6.07) is 0. The summed E-state index contributed by atoms with van der Waals surface area (Å²) in [4.78, 5) is 2.56. The van der Waals surface area contributed by atoms with Crippen LogP contribution in [0.4, 0.5) is 0 Å². The summed E-state index contributed by atoms with van der Waals surface area (Å²) < 4.78 is 0. The van der Waals surface area contributed by atoms with Crippen molar-refractivity contribution in [1.82, 2.24) is 4.81 Å². The van der Waals surface area contributed by atoms with E-state index in [0.717, 1.165) is 25.2 Å². The van der Waals surface area contributed by atoms with Gasteiger partial charge in [0.2, 0.25) is 6.85 Å². The van der Waals surface area contributed by atoms with Crippen molar-refractivity contribution in [3.63, 3.8) is 0 Å². The van der Waals surface area contributed by atoms with Gasteiger partial charge in [0, 0.05) is 0 Å². The lowest BCUT2D eigenvalue weighted by molar-refractivity contribution is 0.260. The molecular formula is C13H27BN2. The molecule has 0 atom stereocenters. The van der Waals surface area contributed by atoms with E-state index >= 15 is 0 Å². The van der Waals surface area contributed by atoms with Gasteiger partial charge >= 0.3 is 0 Å². The van der Waals surface area contributed by atoms with Gasteiger partial charge in [0.25, 0.3) is 0 Å². The minimum absolute atomic E-state index is 0.838. The molecule has 0 radical (unpaired) electrons. The number of rotatable bonds is 6. The van der Waals surface area contributed by atoms with Gasteiger partial charge in [-0.15, -0.1) is 0 Å². The second-order valence-corrected chi connectivity index (χ2v) is 5.98. The predicted octanol–water partition coefficient (Wildman–Crippen LogP) is 2.47. The Morgan fingerprint density at radius 1 is 1.12 bits per heavy atom. The van der Waals surface area contributed by atoms with E-state index in [9.17, 15) is 0 Å². The molecule has 2 rings (SSSR count). The molecule has 16 heavy (non-hydrogen) atoms. The second kappa shape index (κ2) is 6.06. The summed E-state index contributed by atoms with van der Waals surface area (Å²) in [7, 11) is 2.29. The number of hydrogen-bond donors (Lipinski definition) is 1. The van der Waals surface area contributed by atoms with Crippen molar-refractivity contribution in [1.29, 1.82) is 0 Å². The van der Waals surface area contributed by atoms with E-state index in [1.54, 1.807) is 0 Å². The first kappa shape index (κ1) is 12.4. The Balaban J connectivity index is 1.53. The van der Waals surface area contributed by atoms with Crippen LogP contribution in [0.15, 0.2) is 0 Å². The number of nitrogens with two attached hydrogens (primary N) is 1. The fourth-order valence-electron chi connectivity index (χ4n) is 3.08. The van der Waals surface area contributed by atoms with Gasteiger partial charge in [-0.2, -0.15) is 0 Å². The SMILES string of the molecule is CN(CCCC1CCC(CN)CC1)B1CC1. The van der Waals surface area contributed by atoms with Gasteiger partial charge in [0.1, 0.15) is 0 Å². The lowest BCUT2D eigenvalue weighted by Gasteiger charge is -2.28. The van der Waals surface area contributed by atoms with E-state index in [1.807, 2.05) is 0 Å². The minimum atomic E-state index is 0.838. The Morgan fingerprint density at radius 3 is 2.31 bits per heavy atom. The quantitative estimate of drug-likeness (QED) is 0.699. The monoisotopic (exact) mass is 222 g/mol. The lowest BCUT2D eigenvalue weighted by Crippen LogP contribution is -2.26. The maximum absolute atomic E-state index is 5.72. The zero-order valence-corrected chi connectivity index (χ0v) is 10.8. The van der Waals surface area contributed by atoms with Gasteiger partial charge in [-0.05, 0) is 57.7 Å². The lowest BCUT2D eigenvalue weighted by atomic mass is 9.79. The second-order valence-electron chi connectivity index (χ2n) is 5.98. The van der Waals surface area contributed by atoms with Crippen LogP contribution in [-0.4, -0.2) is 31.8 Å². The molecule has 92 valence electrons. The number of nitrogens with zero attached hydrogens (tertiary/aromatic N) is 1. The molecule has 0 aromatic carbocycles. The Labute approximate surface area is 101 Å². The summed E-state index contributed by atoms with van der Waals surface area (Å²) >= 11 is 0. The fourth-order valence-corrected chi connectivity index (χ4v) is 3.08. The summed E-state index contributed by atoms with van der Waals surface area (Å²) in [5, 5.41) is 0. The van der Waals surface area contributed by atoms with Crippen LogP contribution in [0.2, 0.25) is 12.6 Å². The average molecular weight is 222 g/mol. The molecule has 0 aromatic heterocycles. The molecule has 1 heterocycles. The Kier molecular flexibility index (Phi) is 4.72. The van der Waals surface area contributed by atoms with Crippen LogP contribution in [-0.2, 0) is 0 Å². The highest BCUT2D eigenvalue weighted by molar-refractivity contribution is 6.66. The molecule has 1 saturated carbocycles. The predicted molar refractivity (Wildman–Crippen MR) is 71.7 cm³/mol. The molecule has 0 unspecified atom stereocenters. The molecule has 1 saturated heterocycles. The minimum Gasteiger partial charge on any atom is -0.345 e. The largest absolute Gasteiger partial charge is 0.345 e. The summed E-state index contributed by atoms with van der Waals surface area (Å²) in [5.41, 5.74) is 5.72. The van der Waals surface area contributed by atoms with Gasteiger partial charge in [-0.25, -0.2) is 0 Å². The van der Waals surface area contributed by atoms with Crippen molar-refractivity contribution < 1.29 is 0 Å². The summed E-state index contributed by atoms with van der Waals surface area (Å²) in [5.74, 6) is 1.85. The Morgan fingerprint density at radius 2 is 1.75 bits per heavy atom. The molecule has 2 aliphatic rings. The van der Waals surface area contributed by atoms with Crippen molar-refractivity contribution in [2.24, 2.45) is 17.6 Å². The van der Waals surface area contributed by atoms with Crippen molar-refractivity contribution in [2.45, 2.75) is 51.2 Å². The van der Waals surface area contributed by atoms with Gasteiger partial charge in [-0.1, -0.05) is 25.5 Å². The third kappa shape index (κ3) is 3.78. The van der Waals surface area contributed by atoms with Gasteiger partial charge < -0.3 is 10.5 Å². The normalized spacial score (nSPS) is 29.8. The standard InChI is InChI=1S/C13H27BN2/c1-16(14-8-9-14)10-2-3-12-4-6-13(11-15)7-5-12/h12-13H,2-11,15H2,1H3. The molecule has 0 aromatic rings. The van der Waals surface area contributed by atoms with E-state index in [0.29, 0.717) is 0 Å². The molecule has 0 spiro atoms. The molecular weight excluding hydrogens is 195 g/mol. The summed E-state index contributed by atoms with van der Waals surface area (Å²) in [6.45, 7) is 3.17. The van der Waals surface area contributed by atoms with Crippen molar-refractivity contribution in [3.8, 4) is 0 Å². The van der Waals surface area contributed by atoms with E-state index in [-0.39, 0.29) is 0 Å². The zero-order chi connectivity index (χ0) is 11.4. The highest BCUT2D eigenvalue weighted by Gasteiger charge is 2.31. The van der Waals surface area contributed by atoms with Crippen LogP contribution >= 0.6 is 0 Å². The van der Waals surface area contributed by atoms with Gasteiger partial charge in [0.15, 0.2) is 0 Å². The van der Waals surface area contributed by atoms with Crippen LogP contribution in [0.1, 0.15) is 38.5 Å². The van der Waals surface area contributed by atoms with Crippen molar-refractivity contribution in [3.05, 3.63) is 0 Å². The van der Waals surface area contributed by atoms with Crippen LogP contribution in [0.3, 0.4) is 0 Å². The van der Waals surface area contributed by atoms with Gasteiger partial charge in [-0.3, -0.25) is 0 Å². The van der Waals surface area contributed by atoms with Crippen LogP contribution in [0.5, 0.6) is 0 Å². The fraction of sp³-hybridized carbons (Fsp3) is 1.00. The Hall–Kier alpha value is -0.0151. The molecule has 1 aliphatic heterocycles. The van der Waals surface area contributed by atoms with Crippen molar-refractivity contribution >= 4 is 6.85 Å². The third-order valence-electron chi connectivity index (χ3n) is 4.59. The van der Waals surface area contributed by atoms with Crippen molar-refractivity contribution in [2.75, 3.05) is 20.1 Å². The molecule has 2 fully saturated rings. The molecule has 2 nitrogen and oxygen atoms in total. The molecule has 1 aliphatic carbocycles. The summed E-state index contributed by atoms with van der Waals surface area (Å²) in [6.07, 6.45) is 11.4. The number of hydrogen-bond acceptors (Lipinski definition) is 2. The van der Waals surface area contributed by atoms with Crippen LogP contribution in [0.25, 0.3) is 0 Å². The smallest absolute Gasteiger partial charge is 0.221 e. The van der Waals surface area contributed by atoms with E-state index < -0.39 is 0 Å². The van der Waals surface area contributed by atoms with Crippen LogP contribution < -0.4 is 5.73 Å². The Bertz CT molecular complexity index is 198. The highest BCUT2D eigenvalue weighted by atomic mass is 15.0. The molecule has 0 amide bonds. The van der Waals surface area contributed by atoms with E-state index in [4.69, 9.17) is 5.73 Å². The first-order valence-corrected chi connectivity index (χ1v) is 7.20. The van der Waals surface area contributed by atoms with E-state index in [1.165, 1.54) is 57.7 Å². The maximum Gasteiger partial charge on any atom is 0.221 e. The van der Waals surface area contributed by atoms with Crippen LogP contribution in [0, 0.1) is 11.8 Å². The van der Waals surface area contributed by atoms with E-state index in [2.05, 4.69) is 11.9 Å². The first-order chi connectivity index (χ1) is 7.79. The maximum atomic E-state index is 5.72. The third-order valence-corrected chi connectivity index (χ3v) is 4.59. The zero-order valence-electron chi connectivity index (χ0n) is 10.8. The molecule has 3 heteroatoms. The first-order valence-electron chi connectivity index (χ1n) is 7.20. The topological polar surface area (TPSA) is 29.3 Å². The van der Waals surface area contributed by atoms with Gasteiger partial charge in [0.05, 0.1) is 0 Å². The highest BCUT2D eigenvalue weighted by Crippen LogP contribution is 2.31.